The first-order valence-corrected chi connectivity index (χ1v) is 7.22. The maximum absolute atomic E-state index is 12.1. The van der Waals surface area contributed by atoms with E-state index in [1.807, 2.05) is 0 Å². The van der Waals surface area contributed by atoms with Gasteiger partial charge in [0.15, 0.2) is 5.69 Å². The topological polar surface area (TPSA) is 93.8 Å². The maximum Gasteiger partial charge on any atom is 0.276 e. The fourth-order valence-corrected chi connectivity index (χ4v) is 2.15. The van der Waals surface area contributed by atoms with Gasteiger partial charge in [-0.05, 0) is 24.3 Å². The molecule has 0 aliphatic heterocycles. The van der Waals surface area contributed by atoms with Crippen molar-refractivity contribution in [3.63, 3.8) is 0 Å². The second kappa shape index (κ2) is 6.37. The predicted molar refractivity (Wildman–Crippen MR) is 88.8 cm³/mol. The van der Waals surface area contributed by atoms with Gasteiger partial charge in [0.25, 0.3) is 11.8 Å². The Bertz CT molecular complexity index is 826. The van der Waals surface area contributed by atoms with Crippen LogP contribution >= 0.6 is 0 Å². The van der Waals surface area contributed by atoms with Gasteiger partial charge in [0, 0.05) is 37.9 Å². The number of aryl methyl sites for hydroxylation is 2. The monoisotopic (exact) mass is 324 g/mol. The quantitative estimate of drug-likeness (QED) is 0.763. The largest absolute Gasteiger partial charge is 0.322 e. The molecule has 24 heavy (non-hydrogen) atoms. The van der Waals surface area contributed by atoms with Crippen LogP contribution in [0.2, 0.25) is 0 Å². The summed E-state index contributed by atoms with van der Waals surface area (Å²) >= 11 is 0. The summed E-state index contributed by atoms with van der Waals surface area (Å²) in [5.41, 5.74) is 1.92. The zero-order valence-electron chi connectivity index (χ0n) is 13.2. The number of anilines is 2. The number of carbonyl (C=O) groups excluding carboxylic acids is 2. The molecule has 0 saturated heterocycles. The van der Waals surface area contributed by atoms with Crippen LogP contribution in [0.25, 0.3) is 0 Å². The van der Waals surface area contributed by atoms with Crippen LogP contribution in [0, 0.1) is 0 Å². The van der Waals surface area contributed by atoms with Gasteiger partial charge < -0.3 is 10.6 Å². The van der Waals surface area contributed by atoms with Crippen molar-refractivity contribution in [3.05, 3.63) is 60.2 Å². The van der Waals surface area contributed by atoms with Gasteiger partial charge in [-0.1, -0.05) is 6.07 Å². The van der Waals surface area contributed by atoms with Crippen molar-refractivity contribution in [2.75, 3.05) is 10.6 Å². The molecular formula is C16H16N6O2. The molecule has 3 aromatic rings. The summed E-state index contributed by atoms with van der Waals surface area (Å²) in [4.78, 5) is 24.2. The number of carbonyl (C=O) groups is 2. The number of nitrogens with one attached hydrogen (secondary N) is 2. The zero-order chi connectivity index (χ0) is 17.1. The van der Waals surface area contributed by atoms with Crippen LogP contribution in [0.4, 0.5) is 11.4 Å². The van der Waals surface area contributed by atoms with Gasteiger partial charge >= 0.3 is 0 Å². The van der Waals surface area contributed by atoms with Crippen LogP contribution in [-0.4, -0.2) is 31.4 Å². The third-order valence-electron chi connectivity index (χ3n) is 3.29. The van der Waals surface area contributed by atoms with Gasteiger partial charge in [-0.25, -0.2) is 0 Å². The zero-order valence-corrected chi connectivity index (χ0v) is 13.2. The minimum Gasteiger partial charge on any atom is -0.322 e. The van der Waals surface area contributed by atoms with Gasteiger partial charge in [0.2, 0.25) is 0 Å². The fraction of sp³-hybridized carbons (Fsp3) is 0.125. The molecule has 0 fully saturated rings. The lowest BCUT2D eigenvalue weighted by Crippen LogP contribution is -2.14. The van der Waals surface area contributed by atoms with Crippen molar-refractivity contribution in [2.24, 2.45) is 14.1 Å². The molecule has 8 nitrogen and oxygen atoms in total. The molecule has 8 heteroatoms. The summed E-state index contributed by atoms with van der Waals surface area (Å²) in [7, 11) is 3.48. The Morgan fingerprint density at radius 2 is 1.71 bits per heavy atom. The van der Waals surface area contributed by atoms with Crippen LogP contribution in [0.15, 0.2) is 48.9 Å². The molecule has 0 aliphatic carbocycles. The summed E-state index contributed by atoms with van der Waals surface area (Å²) in [5, 5.41) is 13.5. The summed E-state index contributed by atoms with van der Waals surface area (Å²) in [6, 6.07) is 8.52. The first-order chi connectivity index (χ1) is 11.5. The molecule has 0 radical (unpaired) electrons. The van der Waals surface area contributed by atoms with E-state index in [0.29, 0.717) is 22.6 Å². The molecule has 0 bridgehead atoms. The number of nitrogens with zero attached hydrogens (tertiary/aromatic N) is 4. The lowest BCUT2D eigenvalue weighted by atomic mass is 10.2. The molecule has 0 atom stereocenters. The molecule has 2 aromatic heterocycles. The molecule has 122 valence electrons. The van der Waals surface area contributed by atoms with Crippen molar-refractivity contribution in [2.45, 2.75) is 0 Å². The third kappa shape index (κ3) is 3.49. The molecule has 2 heterocycles. The molecular weight excluding hydrogens is 308 g/mol. The van der Waals surface area contributed by atoms with Crippen molar-refractivity contribution in [1.29, 1.82) is 0 Å². The number of hydrogen-bond donors (Lipinski definition) is 2. The molecule has 2 N–H and O–H groups in total. The molecule has 0 saturated carbocycles. The molecule has 2 amide bonds. The lowest BCUT2D eigenvalue weighted by Gasteiger charge is -2.07. The van der Waals surface area contributed by atoms with Crippen LogP contribution in [0.1, 0.15) is 20.8 Å². The number of amides is 2. The maximum atomic E-state index is 12.1. The number of benzene rings is 1. The highest BCUT2D eigenvalue weighted by molar-refractivity contribution is 6.05. The SMILES string of the molecule is Cn1cc(C(=O)Nc2cccc(NC(=O)c3ccn(C)n3)c2)cn1. The summed E-state index contributed by atoms with van der Waals surface area (Å²) in [6.45, 7) is 0. The normalized spacial score (nSPS) is 10.4. The van der Waals surface area contributed by atoms with Crippen molar-refractivity contribution >= 4 is 23.2 Å². The minimum atomic E-state index is -0.314. The van der Waals surface area contributed by atoms with Crippen LogP contribution in [-0.2, 0) is 14.1 Å². The Morgan fingerprint density at radius 1 is 1.00 bits per heavy atom. The van der Waals surface area contributed by atoms with Crippen molar-refractivity contribution < 1.29 is 9.59 Å². The summed E-state index contributed by atoms with van der Waals surface area (Å²) in [6.07, 6.45) is 4.81. The van der Waals surface area contributed by atoms with E-state index in [9.17, 15) is 9.59 Å². The second-order valence-electron chi connectivity index (χ2n) is 5.27. The van der Waals surface area contributed by atoms with Crippen LogP contribution in [0.3, 0.4) is 0 Å². The average Bonchev–Trinajstić information content (AvgIpc) is 3.16. The highest BCUT2D eigenvalue weighted by atomic mass is 16.2. The minimum absolute atomic E-state index is 0.267. The van der Waals surface area contributed by atoms with Crippen LogP contribution in [0.5, 0.6) is 0 Å². The number of rotatable bonds is 4. The molecule has 3 rings (SSSR count). The Labute approximate surface area is 138 Å². The first-order valence-electron chi connectivity index (χ1n) is 7.22. The van der Waals surface area contributed by atoms with Gasteiger partial charge in [0.1, 0.15) is 0 Å². The fourth-order valence-electron chi connectivity index (χ4n) is 2.15. The Hall–Kier alpha value is -3.42. The van der Waals surface area contributed by atoms with E-state index in [1.54, 1.807) is 66.2 Å². The van der Waals surface area contributed by atoms with Crippen molar-refractivity contribution in [3.8, 4) is 0 Å². The summed E-state index contributed by atoms with van der Waals surface area (Å²) in [5.74, 6) is -0.581. The Kier molecular flexibility index (Phi) is 4.11. The van der Waals surface area contributed by atoms with E-state index < -0.39 is 0 Å². The lowest BCUT2D eigenvalue weighted by molar-refractivity contribution is 0.101. The standard InChI is InChI=1S/C16H16N6O2/c1-21-7-6-14(20-21)16(24)19-13-5-3-4-12(8-13)18-15(23)11-9-17-22(2)10-11/h3-10H,1-2H3,(H,18,23)(H,19,24). The number of aromatic nitrogens is 4. The Morgan fingerprint density at radius 3 is 2.29 bits per heavy atom. The molecule has 0 spiro atoms. The van der Waals surface area contributed by atoms with E-state index >= 15 is 0 Å². The second-order valence-corrected chi connectivity index (χ2v) is 5.27. The van der Waals surface area contributed by atoms with E-state index in [-0.39, 0.29) is 11.8 Å². The predicted octanol–water partition coefficient (Wildman–Crippen LogP) is 1.66. The molecule has 0 unspecified atom stereocenters. The summed E-state index contributed by atoms with van der Waals surface area (Å²) < 4.78 is 3.11. The third-order valence-corrected chi connectivity index (χ3v) is 3.29. The van der Waals surface area contributed by atoms with E-state index in [4.69, 9.17) is 0 Å². The van der Waals surface area contributed by atoms with Gasteiger partial charge in [-0.2, -0.15) is 10.2 Å². The first kappa shape index (κ1) is 15.5. The van der Waals surface area contributed by atoms with Crippen molar-refractivity contribution in [1.82, 2.24) is 19.6 Å². The van der Waals surface area contributed by atoms with E-state index in [2.05, 4.69) is 20.8 Å². The Balaban J connectivity index is 1.70. The number of hydrogen-bond acceptors (Lipinski definition) is 4. The highest BCUT2D eigenvalue weighted by Gasteiger charge is 2.11. The molecule has 0 aliphatic rings. The van der Waals surface area contributed by atoms with Gasteiger partial charge in [-0.3, -0.25) is 19.0 Å². The van der Waals surface area contributed by atoms with E-state index in [0.717, 1.165) is 0 Å². The molecule has 1 aromatic carbocycles. The smallest absolute Gasteiger partial charge is 0.276 e. The van der Waals surface area contributed by atoms with Gasteiger partial charge in [0.05, 0.1) is 11.8 Å². The van der Waals surface area contributed by atoms with E-state index in [1.165, 1.54) is 6.20 Å². The average molecular weight is 324 g/mol. The van der Waals surface area contributed by atoms with Gasteiger partial charge in [-0.15, -0.1) is 0 Å². The highest BCUT2D eigenvalue weighted by Crippen LogP contribution is 2.16. The van der Waals surface area contributed by atoms with Crippen LogP contribution < -0.4 is 10.6 Å².